The molecule has 11 heteroatoms. The summed E-state index contributed by atoms with van der Waals surface area (Å²) in [4.78, 5) is 28.0. The molecule has 1 fully saturated rings. The van der Waals surface area contributed by atoms with Crippen molar-refractivity contribution < 1.29 is 19.2 Å². The molecule has 8 nitrogen and oxygen atoms in total. The van der Waals surface area contributed by atoms with Crippen LogP contribution in [0.15, 0.2) is 77.1 Å². The second kappa shape index (κ2) is 12.8. The average molecular weight is 584 g/mol. The zero-order valence-electron chi connectivity index (χ0n) is 20.8. The molecule has 0 aliphatic carbocycles. The lowest BCUT2D eigenvalue weighted by Gasteiger charge is -2.17. The summed E-state index contributed by atoms with van der Waals surface area (Å²) in [5.74, 6) is 0.755. The summed E-state index contributed by atoms with van der Waals surface area (Å²) in [6.07, 6.45) is 3.99. The fraction of sp³-hybridized carbons (Fsp3) is 0.143. The summed E-state index contributed by atoms with van der Waals surface area (Å²) in [5.41, 5.74) is 2.78. The minimum Gasteiger partial charge on any atom is -0.490 e. The number of rotatable bonds is 10. The molecule has 0 spiro atoms. The molecule has 0 saturated carbocycles. The second-order valence-corrected chi connectivity index (χ2v) is 10.0. The number of allylic oxidation sites excluding steroid dienone is 1. The molecule has 4 rings (SSSR count). The Morgan fingerprint density at radius 1 is 1.15 bits per heavy atom. The number of carbonyl (C=O) groups excluding carboxylic acids is 1. The van der Waals surface area contributed by atoms with E-state index in [4.69, 9.17) is 32.7 Å². The topological polar surface area (TPSA) is 103 Å². The first-order valence-electron chi connectivity index (χ1n) is 11.8. The number of nitrogens with zero attached hydrogens (tertiary/aromatic N) is 2. The van der Waals surface area contributed by atoms with Crippen LogP contribution in [0.5, 0.6) is 11.5 Å². The van der Waals surface area contributed by atoms with Crippen molar-refractivity contribution in [1.82, 2.24) is 5.32 Å². The van der Waals surface area contributed by atoms with Crippen LogP contribution >= 0.6 is 35.0 Å². The first-order valence-corrected chi connectivity index (χ1v) is 13.4. The zero-order chi connectivity index (χ0) is 27.9. The number of hydrogen-bond donors (Lipinski definition) is 1. The Morgan fingerprint density at radius 3 is 2.62 bits per heavy atom. The Hall–Kier alpha value is -3.79. The summed E-state index contributed by atoms with van der Waals surface area (Å²) in [6.45, 7) is 6.29. The number of amides is 1. The van der Waals surface area contributed by atoms with E-state index in [1.54, 1.807) is 48.6 Å². The molecule has 1 aliphatic rings. The minimum absolute atomic E-state index is 0.0103. The number of halogens is 2. The maximum absolute atomic E-state index is 12.7. The van der Waals surface area contributed by atoms with Crippen molar-refractivity contribution in [2.45, 2.75) is 20.0 Å². The average Bonchev–Trinajstić information content (AvgIpc) is 3.25. The van der Waals surface area contributed by atoms with Crippen molar-refractivity contribution in [2.75, 3.05) is 6.61 Å². The van der Waals surface area contributed by atoms with E-state index in [1.165, 1.54) is 23.9 Å². The van der Waals surface area contributed by atoms with E-state index >= 15 is 0 Å². The highest BCUT2D eigenvalue weighted by Crippen LogP contribution is 2.38. The Balaban J connectivity index is 1.61. The van der Waals surface area contributed by atoms with Gasteiger partial charge in [0.05, 0.1) is 32.2 Å². The van der Waals surface area contributed by atoms with Gasteiger partial charge in [0.2, 0.25) is 0 Å². The number of aliphatic imine (C=N–C) groups is 1. The number of carbonyl (C=O) groups is 1. The zero-order valence-corrected chi connectivity index (χ0v) is 23.1. The van der Waals surface area contributed by atoms with Gasteiger partial charge in [-0.1, -0.05) is 35.3 Å². The predicted octanol–water partition coefficient (Wildman–Crippen LogP) is 7.50. The molecule has 200 valence electrons. The lowest BCUT2D eigenvalue weighted by atomic mass is 10.0. The quantitative estimate of drug-likeness (QED) is 0.115. The fourth-order valence-electron chi connectivity index (χ4n) is 3.69. The summed E-state index contributed by atoms with van der Waals surface area (Å²) >= 11 is 13.5. The number of nitrogens with one attached hydrogen (secondary N) is 1. The molecule has 1 saturated heterocycles. The molecule has 0 unspecified atom stereocenters. The van der Waals surface area contributed by atoms with Crippen LogP contribution in [-0.4, -0.2) is 22.6 Å². The maximum atomic E-state index is 12.7. The Morgan fingerprint density at radius 2 is 1.92 bits per heavy atom. The third-order valence-electron chi connectivity index (χ3n) is 5.45. The Bertz CT molecular complexity index is 1490. The van der Waals surface area contributed by atoms with Crippen LogP contribution in [0.4, 0.5) is 11.4 Å². The number of ether oxygens (including phenoxy) is 2. The number of hydrogen-bond acceptors (Lipinski definition) is 7. The Kier molecular flexibility index (Phi) is 9.29. The van der Waals surface area contributed by atoms with E-state index in [9.17, 15) is 14.9 Å². The van der Waals surface area contributed by atoms with Gasteiger partial charge in [-0.05, 0) is 78.7 Å². The number of non-ortho nitro benzene ring substituents is 1. The third-order valence-corrected chi connectivity index (χ3v) is 7.17. The van der Waals surface area contributed by atoms with Crippen LogP contribution in [0.25, 0.3) is 6.08 Å². The van der Waals surface area contributed by atoms with E-state index in [0.29, 0.717) is 50.3 Å². The molecular formula is C28H23Cl2N3O5S. The van der Waals surface area contributed by atoms with Gasteiger partial charge in [0, 0.05) is 17.7 Å². The molecular weight excluding hydrogens is 561 g/mol. The van der Waals surface area contributed by atoms with Crippen LogP contribution in [-0.2, 0) is 17.8 Å². The molecule has 0 atom stereocenters. The van der Waals surface area contributed by atoms with E-state index in [2.05, 4.69) is 16.9 Å². The second-order valence-electron chi connectivity index (χ2n) is 8.20. The number of amidine groups is 1. The number of benzene rings is 3. The molecule has 0 aromatic heterocycles. The summed E-state index contributed by atoms with van der Waals surface area (Å²) < 4.78 is 12.0. The van der Waals surface area contributed by atoms with Gasteiger partial charge < -0.3 is 14.8 Å². The van der Waals surface area contributed by atoms with E-state index in [-0.39, 0.29) is 18.2 Å². The fourth-order valence-corrected chi connectivity index (χ4v) is 4.86. The largest absolute Gasteiger partial charge is 0.490 e. The van der Waals surface area contributed by atoms with Crippen molar-refractivity contribution in [3.8, 4) is 11.5 Å². The normalized spacial score (nSPS) is 14.9. The SMILES string of the molecule is C=CCc1cc(/C=C2/SC(=Nc3cccc(Cl)c3Cl)NC2=O)cc(OCC)c1OCc1ccc([N+](=O)[O-])cc1. The van der Waals surface area contributed by atoms with Gasteiger partial charge in [0.15, 0.2) is 16.7 Å². The number of thioether (sulfide) groups is 1. The molecule has 0 bridgehead atoms. The standard InChI is InChI=1S/C28H23Cl2N3O5S/c1-3-6-19-13-18(15-24-27(34)32-28(39-24)31-22-8-5-7-21(29)25(22)30)14-23(37-4-2)26(19)38-16-17-9-11-20(12-10-17)33(35)36/h3,5,7-15H,1,4,6,16H2,2H3,(H,31,32,34)/b24-15+. The number of nitro benzene ring substituents is 1. The predicted molar refractivity (Wildman–Crippen MR) is 156 cm³/mol. The highest BCUT2D eigenvalue weighted by atomic mass is 35.5. The van der Waals surface area contributed by atoms with Crippen LogP contribution in [0.2, 0.25) is 10.0 Å². The molecule has 3 aromatic rings. The summed E-state index contributed by atoms with van der Waals surface area (Å²) in [7, 11) is 0. The van der Waals surface area contributed by atoms with E-state index in [0.717, 1.165) is 16.7 Å². The van der Waals surface area contributed by atoms with Crippen molar-refractivity contribution >= 4 is 63.5 Å². The molecule has 39 heavy (non-hydrogen) atoms. The van der Waals surface area contributed by atoms with E-state index < -0.39 is 4.92 Å². The highest BCUT2D eigenvalue weighted by molar-refractivity contribution is 8.18. The molecule has 1 heterocycles. The van der Waals surface area contributed by atoms with Gasteiger partial charge in [0.1, 0.15) is 6.61 Å². The molecule has 1 amide bonds. The van der Waals surface area contributed by atoms with Gasteiger partial charge in [-0.2, -0.15) is 0 Å². The van der Waals surface area contributed by atoms with Crippen molar-refractivity contribution in [3.05, 3.63) is 109 Å². The monoisotopic (exact) mass is 583 g/mol. The maximum Gasteiger partial charge on any atom is 0.269 e. The van der Waals surface area contributed by atoms with Crippen LogP contribution in [0.3, 0.4) is 0 Å². The van der Waals surface area contributed by atoms with Crippen LogP contribution < -0.4 is 14.8 Å². The Labute approximate surface area is 239 Å². The third kappa shape index (κ3) is 7.00. The molecule has 1 aliphatic heterocycles. The van der Waals surface area contributed by atoms with Crippen molar-refractivity contribution in [1.29, 1.82) is 0 Å². The smallest absolute Gasteiger partial charge is 0.269 e. The van der Waals surface area contributed by atoms with Crippen LogP contribution in [0, 0.1) is 10.1 Å². The molecule has 0 radical (unpaired) electrons. The molecule has 1 N–H and O–H groups in total. The number of nitro groups is 1. The van der Waals surface area contributed by atoms with Crippen LogP contribution in [0.1, 0.15) is 23.6 Å². The van der Waals surface area contributed by atoms with Gasteiger partial charge >= 0.3 is 0 Å². The minimum atomic E-state index is -0.447. The van der Waals surface area contributed by atoms with Crippen molar-refractivity contribution in [3.63, 3.8) is 0 Å². The van der Waals surface area contributed by atoms with E-state index in [1.807, 2.05) is 13.0 Å². The first-order chi connectivity index (χ1) is 18.8. The first kappa shape index (κ1) is 28.2. The van der Waals surface area contributed by atoms with Gasteiger partial charge in [-0.15, -0.1) is 6.58 Å². The molecule has 3 aromatic carbocycles. The summed E-state index contributed by atoms with van der Waals surface area (Å²) in [5, 5.41) is 14.7. The van der Waals surface area contributed by atoms with Gasteiger partial charge in [0.25, 0.3) is 11.6 Å². The highest BCUT2D eigenvalue weighted by Gasteiger charge is 2.25. The van der Waals surface area contributed by atoms with Gasteiger partial charge in [-0.3, -0.25) is 14.9 Å². The summed E-state index contributed by atoms with van der Waals surface area (Å²) in [6, 6.07) is 15.0. The van der Waals surface area contributed by atoms with Gasteiger partial charge in [-0.25, -0.2) is 4.99 Å². The lowest BCUT2D eigenvalue weighted by Crippen LogP contribution is -2.19. The lowest BCUT2D eigenvalue weighted by molar-refractivity contribution is -0.384. The van der Waals surface area contributed by atoms with Crippen molar-refractivity contribution in [2.24, 2.45) is 4.99 Å².